The number of hydrogen-bond donors (Lipinski definition) is 0. The number of esters is 3. The summed E-state index contributed by atoms with van der Waals surface area (Å²) in [7, 11) is 0. The van der Waals surface area contributed by atoms with Gasteiger partial charge in [0.05, 0.1) is 0 Å². The topological polar surface area (TPSA) is 78.9 Å². The fourth-order valence-corrected chi connectivity index (χ4v) is 7.39. The van der Waals surface area contributed by atoms with Gasteiger partial charge in [0.2, 0.25) is 0 Å². The van der Waals surface area contributed by atoms with Crippen LogP contribution in [-0.4, -0.2) is 37.2 Å². The standard InChI is InChI=1S/C50H96O6/c1-6-9-10-11-12-13-14-15-19-25-30-35-40-48(51)54-43-47(56-50(53)42-37-32-27-22-21-24-29-34-39-46(5)8-3)44-55-49(52)41-36-31-26-20-17-16-18-23-28-33-38-45(4)7-2/h45-47H,6-44H2,1-5H3/t45?,46?,47-/m0/s1. The molecular formula is C50H96O6. The van der Waals surface area contributed by atoms with E-state index < -0.39 is 6.10 Å². The molecule has 0 bridgehead atoms. The first-order valence-corrected chi connectivity index (χ1v) is 24.8. The number of carbonyl (C=O) groups is 3. The smallest absolute Gasteiger partial charge is 0.306 e. The summed E-state index contributed by atoms with van der Waals surface area (Å²) in [5.74, 6) is 0.861. The van der Waals surface area contributed by atoms with Gasteiger partial charge < -0.3 is 14.2 Å². The Kier molecular flexibility index (Phi) is 41.8. The Bertz CT molecular complexity index is 858. The molecule has 6 nitrogen and oxygen atoms in total. The summed E-state index contributed by atoms with van der Waals surface area (Å²) in [6.45, 7) is 11.4. The van der Waals surface area contributed by atoms with E-state index in [2.05, 4.69) is 34.6 Å². The Morgan fingerprint density at radius 2 is 0.625 bits per heavy atom. The summed E-state index contributed by atoms with van der Waals surface area (Å²) < 4.78 is 16.8. The minimum absolute atomic E-state index is 0.0645. The van der Waals surface area contributed by atoms with Crippen molar-refractivity contribution in [3.8, 4) is 0 Å². The van der Waals surface area contributed by atoms with E-state index in [4.69, 9.17) is 14.2 Å². The summed E-state index contributed by atoms with van der Waals surface area (Å²) in [5, 5.41) is 0. The minimum atomic E-state index is -0.761. The molecule has 332 valence electrons. The van der Waals surface area contributed by atoms with E-state index in [-0.39, 0.29) is 31.1 Å². The lowest BCUT2D eigenvalue weighted by Gasteiger charge is -2.18. The summed E-state index contributed by atoms with van der Waals surface area (Å²) in [6, 6.07) is 0. The lowest BCUT2D eigenvalue weighted by molar-refractivity contribution is -0.167. The van der Waals surface area contributed by atoms with Crippen molar-refractivity contribution in [2.24, 2.45) is 11.8 Å². The molecule has 0 saturated heterocycles. The van der Waals surface area contributed by atoms with Crippen molar-refractivity contribution in [2.75, 3.05) is 13.2 Å². The van der Waals surface area contributed by atoms with Crippen LogP contribution in [-0.2, 0) is 28.6 Å². The highest BCUT2D eigenvalue weighted by Gasteiger charge is 2.19. The molecule has 0 fully saturated rings. The average molecular weight is 793 g/mol. The van der Waals surface area contributed by atoms with Gasteiger partial charge in [0.1, 0.15) is 13.2 Å². The number of hydrogen-bond acceptors (Lipinski definition) is 6. The monoisotopic (exact) mass is 793 g/mol. The molecule has 0 aliphatic rings. The maximum atomic E-state index is 12.7. The van der Waals surface area contributed by atoms with Gasteiger partial charge in [-0.2, -0.15) is 0 Å². The third kappa shape index (κ3) is 40.6. The zero-order valence-corrected chi connectivity index (χ0v) is 38.3. The van der Waals surface area contributed by atoms with Gasteiger partial charge in [-0.25, -0.2) is 0 Å². The largest absolute Gasteiger partial charge is 0.462 e. The van der Waals surface area contributed by atoms with Crippen LogP contribution >= 0.6 is 0 Å². The van der Waals surface area contributed by atoms with Crippen LogP contribution in [0.3, 0.4) is 0 Å². The van der Waals surface area contributed by atoms with Gasteiger partial charge >= 0.3 is 17.9 Å². The molecule has 0 amide bonds. The van der Waals surface area contributed by atoms with Crippen molar-refractivity contribution in [2.45, 2.75) is 278 Å². The summed E-state index contributed by atoms with van der Waals surface area (Å²) in [6.07, 6.45) is 42.1. The van der Waals surface area contributed by atoms with E-state index in [0.29, 0.717) is 19.3 Å². The molecule has 2 unspecified atom stereocenters. The second kappa shape index (κ2) is 43.0. The van der Waals surface area contributed by atoms with Crippen LogP contribution in [0.4, 0.5) is 0 Å². The lowest BCUT2D eigenvalue weighted by atomic mass is 9.99. The summed E-state index contributed by atoms with van der Waals surface area (Å²) >= 11 is 0. The Balaban J connectivity index is 4.34. The summed E-state index contributed by atoms with van der Waals surface area (Å²) in [4.78, 5) is 37.8. The van der Waals surface area contributed by atoms with Gasteiger partial charge in [-0.05, 0) is 31.1 Å². The third-order valence-electron chi connectivity index (χ3n) is 11.9. The Labute approximate surface area is 348 Å². The van der Waals surface area contributed by atoms with Gasteiger partial charge in [-0.1, -0.05) is 234 Å². The predicted molar refractivity (Wildman–Crippen MR) is 238 cm³/mol. The van der Waals surface area contributed by atoms with Crippen LogP contribution in [0.5, 0.6) is 0 Å². The van der Waals surface area contributed by atoms with Crippen LogP contribution in [0.15, 0.2) is 0 Å². The molecule has 0 spiro atoms. The van der Waals surface area contributed by atoms with E-state index in [1.54, 1.807) is 0 Å². The molecule has 0 aromatic carbocycles. The highest BCUT2D eigenvalue weighted by atomic mass is 16.6. The van der Waals surface area contributed by atoms with Crippen molar-refractivity contribution >= 4 is 17.9 Å². The van der Waals surface area contributed by atoms with Crippen molar-refractivity contribution in [3.63, 3.8) is 0 Å². The Morgan fingerprint density at radius 1 is 0.357 bits per heavy atom. The predicted octanol–water partition coefficient (Wildman–Crippen LogP) is 15.8. The van der Waals surface area contributed by atoms with E-state index in [0.717, 1.165) is 69.6 Å². The zero-order valence-electron chi connectivity index (χ0n) is 38.3. The highest BCUT2D eigenvalue weighted by Crippen LogP contribution is 2.18. The summed E-state index contributed by atoms with van der Waals surface area (Å²) in [5.41, 5.74) is 0. The Morgan fingerprint density at radius 3 is 0.929 bits per heavy atom. The zero-order chi connectivity index (χ0) is 41.2. The number of carbonyl (C=O) groups excluding carboxylic acids is 3. The maximum Gasteiger partial charge on any atom is 0.306 e. The first-order chi connectivity index (χ1) is 27.3. The molecule has 0 rings (SSSR count). The van der Waals surface area contributed by atoms with Crippen molar-refractivity contribution in [3.05, 3.63) is 0 Å². The SMILES string of the molecule is CCCCCCCCCCCCCCC(=O)OC[C@@H](COC(=O)CCCCCCCCCCCCC(C)CC)OC(=O)CCCCCCCCCCC(C)CC. The molecule has 0 aliphatic heterocycles. The number of unbranched alkanes of at least 4 members (excludes halogenated alkanes) is 27. The molecule has 0 aromatic heterocycles. The Hall–Kier alpha value is -1.59. The van der Waals surface area contributed by atoms with Gasteiger partial charge in [-0.15, -0.1) is 0 Å². The number of rotatable bonds is 44. The second-order valence-corrected chi connectivity index (χ2v) is 17.6. The molecule has 0 saturated carbocycles. The van der Waals surface area contributed by atoms with Crippen molar-refractivity contribution in [1.29, 1.82) is 0 Å². The molecule has 56 heavy (non-hydrogen) atoms. The molecule has 0 aromatic rings. The van der Waals surface area contributed by atoms with Crippen molar-refractivity contribution in [1.82, 2.24) is 0 Å². The van der Waals surface area contributed by atoms with Crippen LogP contribution in [0.25, 0.3) is 0 Å². The van der Waals surface area contributed by atoms with Gasteiger partial charge in [0.25, 0.3) is 0 Å². The number of ether oxygens (including phenoxy) is 3. The lowest BCUT2D eigenvalue weighted by Crippen LogP contribution is -2.30. The van der Waals surface area contributed by atoms with Crippen LogP contribution in [0, 0.1) is 11.8 Å². The second-order valence-electron chi connectivity index (χ2n) is 17.6. The van der Waals surface area contributed by atoms with E-state index in [1.165, 1.54) is 161 Å². The molecular weight excluding hydrogens is 697 g/mol. The fraction of sp³-hybridized carbons (Fsp3) is 0.940. The van der Waals surface area contributed by atoms with E-state index in [9.17, 15) is 14.4 Å². The molecule has 0 radical (unpaired) electrons. The van der Waals surface area contributed by atoms with E-state index in [1.807, 2.05) is 0 Å². The molecule has 3 atom stereocenters. The fourth-order valence-electron chi connectivity index (χ4n) is 7.39. The van der Waals surface area contributed by atoms with Gasteiger partial charge in [0, 0.05) is 19.3 Å². The molecule has 0 N–H and O–H groups in total. The molecule has 0 heterocycles. The van der Waals surface area contributed by atoms with Gasteiger partial charge in [-0.3, -0.25) is 14.4 Å². The third-order valence-corrected chi connectivity index (χ3v) is 11.9. The van der Waals surface area contributed by atoms with Crippen LogP contribution < -0.4 is 0 Å². The first kappa shape index (κ1) is 54.4. The highest BCUT2D eigenvalue weighted by molar-refractivity contribution is 5.71. The quantitative estimate of drug-likeness (QED) is 0.0347. The minimum Gasteiger partial charge on any atom is -0.462 e. The van der Waals surface area contributed by atoms with Crippen LogP contribution in [0.2, 0.25) is 0 Å². The van der Waals surface area contributed by atoms with Crippen LogP contribution in [0.1, 0.15) is 272 Å². The normalized spacial score (nSPS) is 13.0. The molecule has 6 heteroatoms. The van der Waals surface area contributed by atoms with Gasteiger partial charge in [0.15, 0.2) is 6.10 Å². The maximum absolute atomic E-state index is 12.7. The average Bonchev–Trinajstić information content (AvgIpc) is 3.19. The van der Waals surface area contributed by atoms with E-state index >= 15 is 0 Å². The molecule has 0 aliphatic carbocycles. The van der Waals surface area contributed by atoms with Crippen molar-refractivity contribution < 1.29 is 28.6 Å². The first-order valence-electron chi connectivity index (χ1n) is 24.8.